The largest absolute Gasteiger partial charge is 0.484 e. The number of carbonyl (C=O) groups excluding carboxylic acids is 2. The Morgan fingerprint density at radius 1 is 1.15 bits per heavy atom. The monoisotopic (exact) mass is 372 g/mol. The molecule has 0 saturated heterocycles. The van der Waals surface area contributed by atoms with E-state index in [0.29, 0.717) is 11.7 Å². The smallest absolute Gasteiger partial charge is 0.262 e. The predicted molar refractivity (Wildman–Crippen MR) is 105 cm³/mol. The standard InChI is InChI=1S/C21H25FN2O3/c1-5-24(14(2)3)17-8-6-16(7-9-17)23-21(26)13-27-18-10-11-19(15(4)25)20(22)12-18/h6-12,14H,5,13H2,1-4H3,(H,23,26). The maximum atomic E-state index is 13.8. The Kier molecular flexibility index (Phi) is 6.93. The van der Waals surface area contributed by atoms with Crippen LogP contribution in [0.5, 0.6) is 5.75 Å². The van der Waals surface area contributed by atoms with Crippen molar-refractivity contribution >= 4 is 23.1 Å². The molecule has 1 N–H and O–H groups in total. The molecule has 0 heterocycles. The SMILES string of the molecule is CCN(c1ccc(NC(=O)COc2ccc(C(C)=O)c(F)c2)cc1)C(C)C. The van der Waals surface area contributed by atoms with Gasteiger partial charge in [0.2, 0.25) is 0 Å². The van der Waals surface area contributed by atoms with Crippen molar-refractivity contribution in [3.05, 3.63) is 53.8 Å². The van der Waals surface area contributed by atoms with Crippen LogP contribution in [0.4, 0.5) is 15.8 Å². The van der Waals surface area contributed by atoms with Gasteiger partial charge in [-0.2, -0.15) is 0 Å². The number of nitrogens with zero attached hydrogens (tertiary/aromatic N) is 1. The van der Waals surface area contributed by atoms with Crippen molar-refractivity contribution in [2.45, 2.75) is 33.7 Å². The Morgan fingerprint density at radius 3 is 2.33 bits per heavy atom. The predicted octanol–water partition coefficient (Wildman–Crippen LogP) is 4.28. The highest BCUT2D eigenvalue weighted by Gasteiger charge is 2.11. The van der Waals surface area contributed by atoms with Crippen LogP contribution < -0.4 is 15.0 Å². The van der Waals surface area contributed by atoms with E-state index in [-0.39, 0.29) is 29.6 Å². The fourth-order valence-corrected chi connectivity index (χ4v) is 2.80. The third-order valence-corrected chi connectivity index (χ3v) is 4.14. The van der Waals surface area contributed by atoms with Crippen molar-refractivity contribution in [2.24, 2.45) is 0 Å². The number of hydrogen-bond donors (Lipinski definition) is 1. The van der Waals surface area contributed by atoms with Crippen molar-refractivity contribution in [2.75, 3.05) is 23.4 Å². The number of carbonyl (C=O) groups is 2. The van der Waals surface area contributed by atoms with E-state index in [9.17, 15) is 14.0 Å². The van der Waals surface area contributed by atoms with Crippen LogP contribution in [0.2, 0.25) is 0 Å². The zero-order valence-electron chi connectivity index (χ0n) is 16.1. The minimum absolute atomic E-state index is 0.00517. The second kappa shape index (κ2) is 9.16. The summed E-state index contributed by atoms with van der Waals surface area (Å²) in [7, 11) is 0. The lowest BCUT2D eigenvalue weighted by molar-refractivity contribution is -0.118. The summed E-state index contributed by atoms with van der Waals surface area (Å²) in [5.41, 5.74) is 1.74. The highest BCUT2D eigenvalue weighted by Crippen LogP contribution is 2.20. The summed E-state index contributed by atoms with van der Waals surface area (Å²) >= 11 is 0. The van der Waals surface area contributed by atoms with E-state index in [1.807, 2.05) is 24.3 Å². The van der Waals surface area contributed by atoms with Crippen molar-refractivity contribution in [1.82, 2.24) is 0 Å². The fourth-order valence-electron chi connectivity index (χ4n) is 2.80. The molecule has 0 saturated carbocycles. The number of anilines is 2. The summed E-state index contributed by atoms with van der Waals surface area (Å²) in [6.07, 6.45) is 0. The fraction of sp³-hybridized carbons (Fsp3) is 0.333. The van der Waals surface area contributed by atoms with Crippen molar-refractivity contribution in [3.63, 3.8) is 0 Å². The van der Waals surface area contributed by atoms with Gasteiger partial charge in [-0.1, -0.05) is 0 Å². The number of halogens is 1. The van der Waals surface area contributed by atoms with Crippen molar-refractivity contribution in [1.29, 1.82) is 0 Å². The zero-order chi connectivity index (χ0) is 20.0. The molecule has 0 aliphatic carbocycles. The van der Waals surface area contributed by atoms with Crippen LogP contribution in [0, 0.1) is 5.82 Å². The molecule has 0 aromatic heterocycles. The molecule has 2 rings (SSSR count). The molecule has 0 aliphatic rings. The van der Waals surface area contributed by atoms with Crippen LogP contribution in [-0.2, 0) is 4.79 Å². The first-order chi connectivity index (χ1) is 12.8. The first-order valence-electron chi connectivity index (χ1n) is 8.91. The minimum Gasteiger partial charge on any atom is -0.484 e. The Labute approximate surface area is 159 Å². The van der Waals surface area contributed by atoms with Crippen LogP contribution >= 0.6 is 0 Å². The molecule has 27 heavy (non-hydrogen) atoms. The van der Waals surface area contributed by atoms with Crippen LogP contribution in [0.25, 0.3) is 0 Å². The Morgan fingerprint density at radius 2 is 1.81 bits per heavy atom. The molecule has 6 heteroatoms. The topological polar surface area (TPSA) is 58.6 Å². The maximum Gasteiger partial charge on any atom is 0.262 e. The third-order valence-electron chi connectivity index (χ3n) is 4.14. The van der Waals surface area contributed by atoms with E-state index in [1.165, 1.54) is 19.1 Å². The van der Waals surface area contributed by atoms with E-state index in [0.717, 1.165) is 18.3 Å². The molecule has 2 aromatic rings. The minimum atomic E-state index is -0.665. The lowest BCUT2D eigenvalue weighted by Crippen LogP contribution is -2.30. The van der Waals surface area contributed by atoms with Crippen molar-refractivity contribution in [3.8, 4) is 5.75 Å². The van der Waals surface area contributed by atoms with Gasteiger partial charge in [0.25, 0.3) is 5.91 Å². The molecule has 5 nitrogen and oxygen atoms in total. The first kappa shape index (κ1) is 20.4. The lowest BCUT2D eigenvalue weighted by atomic mass is 10.1. The molecular formula is C21H25FN2O3. The Bertz CT molecular complexity index is 804. The normalized spacial score (nSPS) is 10.6. The quantitative estimate of drug-likeness (QED) is 0.703. The second-order valence-corrected chi connectivity index (χ2v) is 6.46. The van der Waals surface area contributed by atoms with Gasteiger partial charge in [0.15, 0.2) is 12.4 Å². The van der Waals surface area contributed by atoms with Gasteiger partial charge in [-0.3, -0.25) is 9.59 Å². The van der Waals surface area contributed by atoms with Crippen LogP contribution in [0.15, 0.2) is 42.5 Å². The van der Waals surface area contributed by atoms with E-state index in [4.69, 9.17) is 4.74 Å². The van der Waals surface area contributed by atoms with Crippen molar-refractivity contribution < 1.29 is 18.7 Å². The molecule has 144 valence electrons. The van der Waals surface area contributed by atoms with Gasteiger partial charge >= 0.3 is 0 Å². The highest BCUT2D eigenvalue weighted by molar-refractivity contribution is 5.94. The van der Waals surface area contributed by atoms with Gasteiger partial charge in [0.1, 0.15) is 11.6 Å². The average molecular weight is 372 g/mol. The van der Waals surface area contributed by atoms with Gasteiger partial charge < -0.3 is 15.0 Å². The van der Waals surface area contributed by atoms with Crippen LogP contribution in [0.1, 0.15) is 38.1 Å². The van der Waals surface area contributed by atoms with Gasteiger partial charge in [-0.15, -0.1) is 0 Å². The lowest BCUT2D eigenvalue weighted by Gasteiger charge is -2.27. The Hall–Kier alpha value is -2.89. The number of nitrogens with one attached hydrogen (secondary N) is 1. The molecule has 0 unspecified atom stereocenters. The zero-order valence-corrected chi connectivity index (χ0v) is 16.1. The molecule has 1 amide bonds. The first-order valence-corrected chi connectivity index (χ1v) is 8.91. The molecule has 0 radical (unpaired) electrons. The van der Waals surface area contributed by atoms with Gasteiger partial charge in [0, 0.05) is 30.0 Å². The number of ether oxygens (including phenoxy) is 1. The van der Waals surface area contributed by atoms with Gasteiger partial charge in [-0.25, -0.2) is 4.39 Å². The van der Waals surface area contributed by atoms with Gasteiger partial charge in [0.05, 0.1) is 5.56 Å². The van der Waals surface area contributed by atoms with Gasteiger partial charge in [-0.05, 0) is 64.1 Å². The molecular weight excluding hydrogens is 347 g/mol. The highest BCUT2D eigenvalue weighted by atomic mass is 19.1. The summed E-state index contributed by atoms with van der Waals surface area (Å²) in [5, 5.41) is 2.74. The number of hydrogen-bond acceptors (Lipinski definition) is 4. The summed E-state index contributed by atoms with van der Waals surface area (Å²) in [5.74, 6) is -1.19. The number of amides is 1. The summed E-state index contributed by atoms with van der Waals surface area (Å²) in [4.78, 5) is 25.5. The Balaban J connectivity index is 1.92. The molecule has 0 atom stereocenters. The maximum absolute atomic E-state index is 13.8. The summed E-state index contributed by atoms with van der Waals surface area (Å²) in [6, 6.07) is 11.9. The third kappa shape index (κ3) is 5.54. The van der Waals surface area contributed by atoms with Crippen LogP contribution in [0.3, 0.4) is 0 Å². The van der Waals surface area contributed by atoms with E-state index >= 15 is 0 Å². The molecule has 2 aromatic carbocycles. The van der Waals surface area contributed by atoms with E-state index < -0.39 is 5.82 Å². The summed E-state index contributed by atoms with van der Waals surface area (Å²) < 4.78 is 19.1. The summed E-state index contributed by atoms with van der Waals surface area (Å²) in [6.45, 7) is 8.28. The average Bonchev–Trinajstić information content (AvgIpc) is 2.61. The molecule has 0 spiro atoms. The second-order valence-electron chi connectivity index (χ2n) is 6.46. The molecule has 0 bridgehead atoms. The van der Waals surface area contributed by atoms with Crippen LogP contribution in [-0.4, -0.2) is 30.9 Å². The number of benzene rings is 2. The van der Waals surface area contributed by atoms with E-state index in [1.54, 1.807) is 0 Å². The van der Waals surface area contributed by atoms with E-state index in [2.05, 4.69) is 31.0 Å². The number of rotatable bonds is 8. The molecule has 0 aliphatic heterocycles. The number of Topliss-reactive ketones (excluding diaryl/α,β-unsaturated/α-hetero) is 1. The number of ketones is 1. The molecule has 0 fully saturated rings.